The molecule has 1 fully saturated rings. The number of nitrogens with one attached hydrogen (secondary N) is 1. The molecule has 1 heterocycles. The van der Waals surface area contributed by atoms with Gasteiger partial charge in [-0.3, -0.25) is 5.41 Å². The lowest BCUT2D eigenvalue weighted by atomic mass is 9.89. The number of rotatable bonds is 4. The van der Waals surface area contributed by atoms with Crippen LogP contribution in [0.4, 0.5) is 0 Å². The van der Waals surface area contributed by atoms with Crippen molar-refractivity contribution in [3.63, 3.8) is 0 Å². The minimum Gasteiger partial charge on any atom is -0.360 e. The highest BCUT2D eigenvalue weighted by Crippen LogP contribution is 2.28. The zero-order valence-electron chi connectivity index (χ0n) is 12.4. The van der Waals surface area contributed by atoms with Crippen LogP contribution in [0.2, 0.25) is 0 Å². The molecule has 0 bridgehead atoms. The molecule has 1 aromatic rings. The van der Waals surface area contributed by atoms with E-state index in [-0.39, 0.29) is 0 Å². The Balaban J connectivity index is 0.000000491. The summed E-state index contributed by atoms with van der Waals surface area (Å²) < 4.78 is 0. The topological polar surface area (TPSA) is 90.5 Å². The highest BCUT2D eigenvalue weighted by molar-refractivity contribution is 5.87. The number of benzene rings is 1. The zero-order valence-corrected chi connectivity index (χ0v) is 12.4. The van der Waals surface area contributed by atoms with Crippen molar-refractivity contribution in [1.82, 2.24) is 4.90 Å². The van der Waals surface area contributed by atoms with E-state index in [1.165, 1.54) is 24.8 Å². The number of likely N-dealkylation sites (tertiary alicyclic amines) is 1. The van der Waals surface area contributed by atoms with Crippen LogP contribution in [-0.2, 0) is 0 Å². The van der Waals surface area contributed by atoms with Gasteiger partial charge < -0.3 is 10.1 Å². The molecule has 1 unspecified atom stereocenters. The van der Waals surface area contributed by atoms with E-state index in [9.17, 15) is 0 Å². The summed E-state index contributed by atoms with van der Waals surface area (Å²) in [7, 11) is 0. The van der Waals surface area contributed by atoms with Crippen LogP contribution in [0, 0.1) is 15.5 Å². The molecule has 0 radical (unpaired) electrons. The Kier molecular flexibility index (Phi) is 7.21. The fourth-order valence-electron chi connectivity index (χ4n) is 2.55. The van der Waals surface area contributed by atoms with Gasteiger partial charge in [-0.25, -0.2) is 0 Å². The summed E-state index contributed by atoms with van der Waals surface area (Å²) in [5, 5.41) is 22.0. The van der Waals surface area contributed by atoms with Crippen LogP contribution in [0.25, 0.3) is 0 Å². The van der Waals surface area contributed by atoms with Crippen molar-refractivity contribution in [3.05, 3.63) is 46.0 Å². The number of unbranched alkanes of at least 4 members (excludes halogenated alkanes) is 1. The van der Waals surface area contributed by atoms with Crippen molar-refractivity contribution in [3.8, 4) is 0 Å². The molecule has 21 heavy (non-hydrogen) atoms. The van der Waals surface area contributed by atoms with Gasteiger partial charge in [-0.15, -0.1) is 10.1 Å². The van der Waals surface area contributed by atoms with E-state index in [4.69, 9.17) is 20.7 Å². The Hall–Kier alpha value is -2.11. The number of amidine groups is 1. The molecule has 0 spiro atoms. The number of hydrogen-bond donors (Lipinski definition) is 2. The first-order valence-corrected chi connectivity index (χ1v) is 7.27. The number of hydrogen-bond acceptors (Lipinski definition) is 3. The van der Waals surface area contributed by atoms with Gasteiger partial charge in [-0.05, 0) is 24.8 Å². The molecule has 6 nitrogen and oxygen atoms in total. The molecule has 2 N–H and O–H groups in total. The molecule has 0 saturated carbocycles. The third-order valence-corrected chi connectivity index (χ3v) is 3.58. The highest BCUT2D eigenvalue weighted by Gasteiger charge is 2.25. The van der Waals surface area contributed by atoms with E-state index in [1.807, 2.05) is 6.07 Å². The second-order valence-electron chi connectivity index (χ2n) is 5.07. The van der Waals surface area contributed by atoms with Crippen LogP contribution < -0.4 is 0 Å². The summed E-state index contributed by atoms with van der Waals surface area (Å²) in [6.07, 6.45) is 4.75. The average Bonchev–Trinajstić information content (AvgIpc) is 2.46. The Morgan fingerprint density at radius 1 is 1.43 bits per heavy atom. The van der Waals surface area contributed by atoms with Gasteiger partial charge in [0.2, 0.25) is 0 Å². The van der Waals surface area contributed by atoms with Crippen molar-refractivity contribution < 1.29 is 10.3 Å². The minimum atomic E-state index is -1.50. The zero-order chi connectivity index (χ0) is 15.7. The molecular weight excluding hydrogens is 270 g/mol. The Bertz CT molecular complexity index is 447. The largest absolute Gasteiger partial charge is 0.360 e. The van der Waals surface area contributed by atoms with Crippen LogP contribution >= 0.6 is 0 Å². The maximum absolute atomic E-state index is 8.36. The predicted octanol–water partition coefficient (Wildman–Crippen LogP) is 3.30. The Morgan fingerprint density at radius 2 is 2.05 bits per heavy atom. The maximum Gasteiger partial charge on any atom is 0.291 e. The van der Waals surface area contributed by atoms with E-state index >= 15 is 0 Å². The first-order chi connectivity index (χ1) is 10.1. The van der Waals surface area contributed by atoms with Crippen molar-refractivity contribution in [2.24, 2.45) is 0 Å². The summed E-state index contributed by atoms with van der Waals surface area (Å²) in [6, 6.07) is 10.5. The fraction of sp³-hybridized carbons (Fsp3) is 0.533. The molecule has 6 heteroatoms. The SMILES string of the molecule is CCCCN1CCCC(c2ccccc2)C1=N.O=[N+]([O-])O. The van der Waals surface area contributed by atoms with E-state index < -0.39 is 5.09 Å². The summed E-state index contributed by atoms with van der Waals surface area (Å²) >= 11 is 0. The molecule has 1 aliphatic rings. The van der Waals surface area contributed by atoms with Crippen LogP contribution in [0.1, 0.15) is 44.1 Å². The standard InChI is InChI=1S/C15H22N2.HNO3/c1-2-3-11-17-12-7-10-14(15(17)16)13-8-5-4-6-9-13;2-1(3)4/h4-6,8-9,14,16H,2-3,7,10-12H2,1H3;(H,2,3,4). The molecule has 1 saturated heterocycles. The summed E-state index contributed by atoms with van der Waals surface area (Å²) in [5.41, 5.74) is 1.30. The molecular formula is C15H23N3O3. The second kappa shape index (κ2) is 8.94. The van der Waals surface area contributed by atoms with Crippen molar-refractivity contribution in [1.29, 1.82) is 5.41 Å². The lowest BCUT2D eigenvalue weighted by molar-refractivity contribution is -0.742. The van der Waals surface area contributed by atoms with Crippen LogP contribution in [0.5, 0.6) is 0 Å². The Morgan fingerprint density at radius 3 is 2.62 bits per heavy atom. The van der Waals surface area contributed by atoms with E-state index in [2.05, 4.69) is 36.1 Å². The molecule has 116 valence electrons. The molecule has 2 rings (SSSR count). The Labute approximate surface area is 125 Å². The summed E-state index contributed by atoms with van der Waals surface area (Å²) in [6.45, 7) is 4.34. The van der Waals surface area contributed by atoms with Gasteiger partial charge in [-0.2, -0.15) is 0 Å². The lowest BCUT2D eigenvalue weighted by Gasteiger charge is -2.35. The molecule has 0 aliphatic carbocycles. The molecule has 0 aromatic heterocycles. The summed E-state index contributed by atoms with van der Waals surface area (Å²) in [4.78, 5) is 10.6. The lowest BCUT2D eigenvalue weighted by Crippen LogP contribution is -2.40. The van der Waals surface area contributed by atoms with Gasteiger partial charge in [0.05, 0.1) is 0 Å². The van der Waals surface area contributed by atoms with E-state index in [0.717, 1.165) is 25.3 Å². The normalized spacial score (nSPS) is 17.9. The molecule has 1 atom stereocenters. The van der Waals surface area contributed by atoms with Gasteiger partial charge in [0.1, 0.15) is 5.84 Å². The van der Waals surface area contributed by atoms with Gasteiger partial charge in [0.25, 0.3) is 5.09 Å². The number of piperidine rings is 1. The minimum absolute atomic E-state index is 0.321. The van der Waals surface area contributed by atoms with Crippen LogP contribution in [0.15, 0.2) is 30.3 Å². The van der Waals surface area contributed by atoms with Gasteiger partial charge in [0.15, 0.2) is 0 Å². The predicted molar refractivity (Wildman–Crippen MR) is 81.4 cm³/mol. The van der Waals surface area contributed by atoms with Gasteiger partial charge in [-0.1, -0.05) is 43.7 Å². The molecule has 1 aliphatic heterocycles. The second-order valence-corrected chi connectivity index (χ2v) is 5.07. The smallest absolute Gasteiger partial charge is 0.291 e. The average molecular weight is 293 g/mol. The molecule has 1 aromatic carbocycles. The third kappa shape index (κ3) is 5.81. The third-order valence-electron chi connectivity index (χ3n) is 3.58. The highest BCUT2D eigenvalue weighted by atomic mass is 16.9. The quantitative estimate of drug-likeness (QED) is 0.658. The van der Waals surface area contributed by atoms with Gasteiger partial charge >= 0.3 is 0 Å². The molecule has 0 amide bonds. The summed E-state index contributed by atoms with van der Waals surface area (Å²) in [5.74, 6) is 1.15. The fourth-order valence-corrected chi connectivity index (χ4v) is 2.55. The van der Waals surface area contributed by atoms with E-state index in [1.54, 1.807) is 0 Å². The van der Waals surface area contributed by atoms with E-state index in [0.29, 0.717) is 5.92 Å². The number of nitrogens with zero attached hydrogens (tertiary/aromatic N) is 2. The first-order valence-electron chi connectivity index (χ1n) is 7.27. The van der Waals surface area contributed by atoms with Gasteiger partial charge in [0, 0.05) is 19.0 Å². The maximum atomic E-state index is 8.36. The van der Waals surface area contributed by atoms with Crippen LogP contribution in [0.3, 0.4) is 0 Å². The van der Waals surface area contributed by atoms with Crippen molar-refractivity contribution in [2.45, 2.75) is 38.5 Å². The van der Waals surface area contributed by atoms with Crippen molar-refractivity contribution in [2.75, 3.05) is 13.1 Å². The monoisotopic (exact) mass is 293 g/mol. The van der Waals surface area contributed by atoms with Crippen molar-refractivity contribution >= 4 is 5.84 Å². The first kappa shape index (κ1) is 16.9. The van der Waals surface area contributed by atoms with Crippen LogP contribution in [-0.4, -0.2) is 34.1 Å².